The van der Waals surface area contributed by atoms with E-state index in [0.717, 1.165) is 12.1 Å². The van der Waals surface area contributed by atoms with E-state index < -0.39 is 5.97 Å². The minimum atomic E-state index is -1.06. The van der Waals surface area contributed by atoms with Crippen molar-refractivity contribution in [3.05, 3.63) is 56.8 Å². The lowest BCUT2D eigenvalue weighted by atomic mass is 10.1. The predicted molar refractivity (Wildman–Crippen MR) is 97.3 cm³/mol. The van der Waals surface area contributed by atoms with Crippen LogP contribution in [0.4, 0.5) is 0 Å². The summed E-state index contributed by atoms with van der Waals surface area (Å²) in [7, 11) is 0. The molecular weight excluding hydrogens is 385 g/mol. The molecule has 0 spiro atoms. The van der Waals surface area contributed by atoms with E-state index in [0.29, 0.717) is 45.1 Å². The number of carboxylic acid groups (broad SMARTS) is 1. The molecule has 5 nitrogen and oxygen atoms in total. The van der Waals surface area contributed by atoms with Gasteiger partial charge in [-0.05, 0) is 43.2 Å². The average Bonchev–Trinajstić information content (AvgIpc) is 3.03. The number of aromatic carboxylic acids is 1. The van der Waals surface area contributed by atoms with Crippen LogP contribution in [0.1, 0.15) is 22.5 Å². The molecule has 1 aliphatic rings. The Morgan fingerprint density at radius 3 is 2.68 bits per heavy atom. The molecule has 0 atom stereocenters. The van der Waals surface area contributed by atoms with Crippen LogP contribution in [0.25, 0.3) is 17.1 Å². The molecule has 0 aliphatic carbocycles. The molecule has 1 N–H and O–H groups in total. The lowest BCUT2D eigenvalue weighted by Crippen LogP contribution is -2.06. The number of benzene rings is 1. The summed E-state index contributed by atoms with van der Waals surface area (Å²) in [6.07, 6.45) is 1.37. The highest BCUT2D eigenvalue weighted by atomic mass is 35.5. The predicted octanol–water partition coefficient (Wildman–Crippen LogP) is 4.95. The molecule has 3 aromatic rings. The Kier molecular flexibility index (Phi) is 4.02. The first-order chi connectivity index (χ1) is 12.0. The molecule has 1 aliphatic heterocycles. The summed E-state index contributed by atoms with van der Waals surface area (Å²) in [4.78, 5) is 11.7. The molecule has 2 aromatic heterocycles. The van der Waals surface area contributed by atoms with Gasteiger partial charge >= 0.3 is 5.97 Å². The highest BCUT2D eigenvalue weighted by Gasteiger charge is 2.29. The lowest BCUT2D eigenvalue weighted by molar-refractivity contribution is 0.0688. The summed E-state index contributed by atoms with van der Waals surface area (Å²) in [5, 5.41) is 15.4. The first kappa shape index (κ1) is 16.5. The lowest BCUT2D eigenvalue weighted by Gasteiger charge is -2.12. The molecule has 0 amide bonds. The van der Waals surface area contributed by atoms with E-state index in [1.165, 1.54) is 0 Å². The molecule has 0 saturated carbocycles. The third kappa shape index (κ3) is 2.63. The quantitative estimate of drug-likeness (QED) is 0.667. The van der Waals surface area contributed by atoms with Gasteiger partial charge in [0.25, 0.3) is 0 Å². The third-order valence-electron chi connectivity index (χ3n) is 4.30. The summed E-state index contributed by atoms with van der Waals surface area (Å²) in [6.45, 7) is 0.712. The van der Waals surface area contributed by atoms with Gasteiger partial charge in [-0.15, -0.1) is 0 Å². The number of aromatic nitrogens is 3. The van der Waals surface area contributed by atoms with E-state index in [2.05, 4.69) is 5.10 Å². The van der Waals surface area contributed by atoms with Gasteiger partial charge in [0.05, 0.1) is 22.1 Å². The Balaban J connectivity index is 2.06. The summed E-state index contributed by atoms with van der Waals surface area (Å²) in [5.74, 6) is -1.06. The van der Waals surface area contributed by atoms with Crippen LogP contribution in [0.15, 0.2) is 30.3 Å². The number of halogens is 3. The first-order valence-corrected chi connectivity index (χ1v) is 8.77. The molecule has 0 unspecified atom stereocenters. The molecule has 0 radical (unpaired) electrons. The maximum atomic E-state index is 11.7. The van der Waals surface area contributed by atoms with Crippen molar-refractivity contribution < 1.29 is 9.90 Å². The number of hydrogen-bond acceptors (Lipinski definition) is 2. The van der Waals surface area contributed by atoms with E-state index in [9.17, 15) is 9.90 Å². The Morgan fingerprint density at radius 2 is 1.96 bits per heavy atom. The number of carbonyl (C=O) groups is 1. The van der Waals surface area contributed by atoms with Crippen molar-refractivity contribution in [1.82, 2.24) is 14.3 Å². The Labute approximate surface area is 158 Å². The minimum Gasteiger partial charge on any atom is -0.476 e. The molecule has 1 aromatic carbocycles. The zero-order chi connectivity index (χ0) is 17.7. The molecule has 0 bridgehead atoms. The number of hydrogen-bond donors (Lipinski definition) is 1. The average molecular weight is 397 g/mol. The van der Waals surface area contributed by atoms with Crippen molar-refractivity contribution >= 4 is 40.8 Å². The topological polar surface area (TPSA) is 60.0 Å². The van der Waals surface area contributed by atoms with E-state index in [-0.39, 0.29) is 5.69 Å². The van der Waals surface area contributed by atoms with E-state index >= 15 is 0 Å². The number of carboxylic acids is 1. The van der Waals surface area contributed by atoms with Crippen LogP contribution in [0.2, 0.25) is 15.2 Å². The highest BCUT2D eigenvalue weighted by Crippen LogP contribution is 2.37. The standard InChI is InChI=1S/C17H12Cl3N3O2/c18-9-3-4-12(11(19)8-9)23-16-10(15(21-23)17(24)25)2-1-7-22-13(16)5-6-14(22)20/h3-6,8H,1-2,7H2,(H,24,25). The monoisotopic (exact) mass is 395 g/mol. The first-order valence-electron chi connectivity index (χ1n) is 7.63. The summed E-state index contributed by atoms with van der Waals surface area (Å²) in [6, 6.07) is 8.70. The van der Waals surface area contributed by atoms with Gasteiger partial charge in [-0.2, -0.15) is 5.10 Å². The molecule has 4 rings (SSSR count). The zero-order valence-corrected chi connectivity index (χ0v) is 15.1. The Hall–Kier alpha value is -1.95. The van der Waals surface area contributed by atoms with Crippen LogP contribution < -0.4 is 0 Å². The Bertz CT molecular complexity index is 1010. The molecule has 128 valence electrons. The van der Waals surface area contributed by atoms with Crippen LogP contribution in [0.5, 0.6) is 0 Å². The summed E-state index contributed by atoms with van der Waals surface area (Å²) >= 11 is 18.6. The van der Waals surface area contributed by atoms with Crippen molar-refractivity contribution in [2.45, 2.75) is 19.4 Å². The van der Waals surface area contributed by atoms with E-state index in [1.54, 1.807) is 28.9 Å². The number of nitrogens with zero attached hydrogens (tertiary/aromatic N) is 3. The minimum absolute atomic E-state index is 0.0341. The smallest absolute Gasteiger partial charge is 0.356 e. The summed E-state index contributed by atoms with van der Waals surface area (Å²) < 4.78 is 3.53. The van der Waals surface area contributed by atoms with E-state index in [4.69, 9.17) is 34.8 Å². The van der Waals surface area contributed by atoms with Gasteiger partial charge in [-0.3, -0.25) is 0 Å². The fourth-order valence-corrected chi connectivity index (χ4v) is 3.97. The van der Waals surface area contributed by atoms with Crippen LogP contribution >= 0.6 is 34.8 Å². The molecule has 0 saturated heterocycles. The van der Waals surface area contributed by atoms with Gasteiger partial charge in [-0.25, -0.2) is 9.48 Å². The molecule has 3 heterocycles. The van der Waals surface area contributed by atoms with Crippen molar-refractivity contribution in [3.8, 4) is 17.1 Å². The van der Waals surface area contributed by atoms with Crippen molar-refractivity contribution in [3.63, 3.8) is 0 Å². The maximum Gasteiger partial charge on any atom is 0.356 e. The molecule has 25 heavy (non-hydrogen) atoms. The van der Waals surface area contributed by atoms with Gasteiger partial charge in [0.2, 0.25) is 0 Å². The van der Waals surface area contributed by atoms with Gasteiger partial charge in [-0.1, -0.05) is 34.8 Å². The normalized spacial score (nSPS) is 13.2. The largest absolute Gasteiger partial charge is 0.476 e. The van der Waals surface area contributed by atoms with Crippen LogP contribution in [-0.2, 0) is 13.0 Å². The zero-order valence-electron chi connectivity index (χ0n) is 12.8. The van der Waals surface area contributed by atoms with Gasteiger partial charge in [0, 0.05) is 17.1 Å². The molecular formula is C17H12Cl3N3O2. The van der Waals surface area contributed by atoms with Crippen molar-refractivity contribution in [2.75, 3.05) is 0 Å². The highest BCUT2D eigenvalue weighted by molar-refractivity contribution is 6.35. The van der Waals surface area contributed by atoms with Gasteiger partial charge < -0.3 is 9.67 Å². The van der Waals surface area contributed by atoms with E-state index in [1.807, 2.05) is 10.6 Å². The summed E-state index contributed by atoms with van der Waals surface area (Å²) in [5.41, 5.74) is 2.81. The Morgan fingerprint density at radius 1 is 1.16 bits per heavy atom. The second-order valence-corrected chi connectivity index (χ2v) is 7.02. The van der Waals surface area contributed by atoms with Gasteiger partial charge in [0.15, 0.2) is 5.69 Å². The second-order valence-electron chi connectivity index (χ2n) is 5.78. The number of fused-ring (bicyclic) bond motifs is 3. The molecule has 8 heteroatoms. The fourth-order valence-electron chi connectivity index (χ4n) is 3.24. The number of rotatable bonds is 2. The van der Waals surface area contributed by atoms with Crippen molar-refractivity contribution in [1.29, 1.82) is 0 Å². The van der Waals surface area contributed by atoms with Gasteiger partial charge in [0.1, 0.15) is 5.15 Å². The van der Waals surface area contributed by atoms with Crippen LogP contribution in [0.3, 0.4) is 0 Å². The maximum absolute atomic E-state index is 11.7. The SMILES string of the molecule is O=C(O)c1nn(-c2ccc(Cl)cc2Cl)c2c1CCCn1c(Cl)ccc1-2. The third-order valence-corrected chi connectivity index (χ3v) is 5.17. The molecule has 0 fully saturated rings. The van der Waals surface area contributed by atoms with Crippen molar-refractivity contribution in [2.24, 2.45) is 0 Å². The second kappa shape index (κ2) is 6.09. The van der Waals surface area contributed by atoms with Crippen LogP contribution in [-0.4, -0.2) is 25.4 Å². The fraction of sp³-hybridized carbons (Fsp3) is 0.176. The van der Waals surface area contributed by atoms with Crippen LogP contribution in [0, 0.1) is 0 Å².